The summed E-state index contributed by atoms with van der Waals surface area (Å²) >= 11 is 3.29. The van der Waals surface area contributed by atoms with Crippen molar-refractivity contribution in [2.75, 3.05) is 0 Å². The van der Waals surface area contributed by atoms with Crippen LogP contribution in [0, 0.1) is 5.82 Å². The van der Waals surface area contributed by atoms with Crippen LogP contribution in [-0.2, 0) is 11.2 Å². The monoisotopic (exact) mass is 258 g/mol. The van der Waals surface area contributed by atoms with Crippen LogP contribution >= 0.6 is 15.9 Å². The predicted molar refractivity (Wildman–Crippen MR) is 58.1 cm³/mol. The zero-order valence-electron chi connectivity index (χ0n) is 7.97. The number of Topliss-reactive ketones (excluding diaryl/α,β-unsaturated/α-hetero) is 1. The molecule has 1 aromatic carbocycles. The highest BCUT2D eigenvalue weighted by Crippen LogP contribution is 2.13. The summed E-state index contributed by atoms with van der Waals surface area (Å²) in [6.45, 7) is 1.82. The predicted octanol–water partition coefficient (Wildman–Crippen LogP) is 3.11. The molecule has 1 aromatic rings. The van der Waals surface area contributed by atoms with Gasteiger partial charge in [-0.2, -0.15) is 0 Å². The second-order valence-electron chi connectivity index (χ2n) is 3.12. The highest BCUT2D eigenvalue weighted by Gasteiger charge is 2.13. The molecule has 1 atom stereocenters. The molecule has 0 aromatic heterocycles. The number of rotatable bonds is 4. The van der Waals surface area contributed by atoms with Gasteiger partial charge in [0.05, 0.1) is 4.83 Å². The van der Waals surface area contributed by atoms with Crippen LogP contribution in [0.4, 0.5) is 4.39 Å². The summed E-state index contributed by atoms with van der Waals surface area (Å²) in [6, 6.07) is 6.33. The number of hydrogen-bond acceptors (Lipinski definition) is 1. The third-order valence-corrected chi connectivity index (χ3v) is 2.84. The fourth-order valence-electron chi connectivity index (χ4n) is 1.21. The van der Waals surface area contributed by atoms with Crippen molar-refractivity contribution < 1.29 is 9.18 Å². The summed E-state index contributed by atoms with van der Waals surface area (Å²) in [7, 11) is 0. The molecule has 0 aliphatic heterocycles. The van der Waals surface area contributed by atoms with Gasteiger partial charge in [-0.25, -0.2) is 4.39 Å². The lowest BCUT2D eigenvalue weighted by Crippen LogP contribution is -2.15. The zero-order valence-corrected chi connectivity index (χ0v) is 9.55. The van der Waals surface area contributed by atoms with Gasteiger partial charge in [-0.1, -0.05) is 35.0 Å². The van der Waals surface area contributed by atoms with E-state index in [9.17, 15) is 9.18 Å². The summed E-state index contributed by atoms with van der Waals surface area (Å²) in [5.74, 6) is -0.111. The minimum Gasteiger partial charge on any atom is -0.298 e. The van der Waals surface area contributed by atoms with Crippen molar-refractivity contribution in [2.45, 2.75) is 24.6 Å². The molecule has 76 valence electrons. The van der Waals surface area contributed by atoms with Crippen LogP contribution in [0.1, 0.15) is 18.9 Å². The van der Waals surface area contributed by atoms with E-state index in [0.717, 1.165) is 5.56 Å². The molecule has 0 fully saturated rings. The minimum atomic E-state index is -0.258. The summed E-state index contributed by atoms with van der Waals surface area (Å²) in [5, 5.41) is 0. The normalized spacial score (nSPS) is 12.5. The Hall–Kier alpha value is -0.700. The van der Waals surface area contributed by atoms with Crippen LogP contribution in [0.15, 0.2) is 24.3 Å². The van der Waals surface area contributed by atoms with E-state index in [1.165, 1.54) is 12.1 Å². The molecule has 0 N–H and O–H groups in total. The number of ketones is 1. The zero-order chi connectivity index (χ0) is 10.6. The van der Waals surface area contributed by atoms with Crippen molar-refractivity contribution >= 4 is 21.7 Å². The fraction of sp³-hybridized carbons (Fsp3) is 0.364. The standard InChI is InChI=1S/C11H12BrFO/c1-2-11(14)10(12)7-8-4-3-5-9(13)6-8/h3-6,10H,2,7H2,1H3. The van der Waals surface area contributed by atoms with Crippen LogP contribution in [0.3, 0.4) is 0 Å². The molecule has 3 heteroatoms. The molecule has 0 spiro atoms. The number of carbonyl (C=O) groups is 1. The van der Waals surface area contributed by atoms with Gasteiger partial charge in [0.2, 0.25) is 0 Å². The average molecular weight is 259 g/mol. The van der Waals surface area contributed by atoms with Crippen LogP contribution in [-0.4, -0.2) is 10.6 Å². The maximum atomic E-state index is 12.8. The van der Waals surface area contributed by atoms with E-state index >= 15 is 0 Å². The quantitative estimate of drug-likeness (QED) is 0.759. The number of hydrogen-bond donors (Lipinski definition) is 0. The molecule has 1 nitrogen and oxygen atoms in total. The lowest BCUT2D eigenvalue weighted by atomic mass is 10.1. The number of benzene rings is 1. The smallest absolute Gasteiger partial charge is 0.146 e. The van der Waals surface area contributed by atoms with Crippen molar-refractivity contribution in [3.63, 3.8) is 0 Å². The van der Waals surface area contributed by atoms with Crippen LogP contribution in [0.2, 0.25) is 0 Å². The van der Waals surface area contributed by atoms with Crippen LogP contribution in [0.5, 0.6) is 0 Å². The lowest BCUT2D eigenvalue weighted by molar-refractivity contribution is -0.118. The highest BCUT2D eigenvalue weighted by molar-refractivity contribution is 9.10. The Bertz CT molecular complexity index is 325. The summed E-state index contributed by atoms with van der Waals surface area (Å²) in [5.41, 5.74) is 0.841. The first-order valence-electron chi connectivity index (χ1n) is 4.54. The fourth-order valence-corrected chi connectivity index (χ4v) is 1.90. The van der Waals surface area contributed by atoms with Gasteiger partial charge in [0.15, 0.2) is 0 Å². The molecule has 1 rings (SSSR count). The lowest BCUT2D eigenvalue weighted by Gasteiger charge is -2.07. The van der Waals surface area contributed by atoms with Crippen LogP contribution < -0.4 is 0 Å². The van der Waals surface area contributed by atoms with Gasteiger partial charge >= 0.3 is 0 Å². The molecule has 0 saturated heterocycles. The maximum absolute atomic E-state index is 12.8. The van der Waals surface area contributed by atoms with E-state index in [4.69, 9.17) is 0 Å². The van der Waals surface area contributed by atoms with Gasteiger partial charge < -0.3 is 0 Å². The van der Waals surface area contributed by atoms with Crippen molar-refractivity contribution in [3.8, 4) is 0 Å². The summed E-state index contributed by atoms with van der Waals surface area (Å²) < 4.78 is 12.8. The molecule has 0 bridgehead atoms. The van der Waals surface area contributed by atoms with Gasteiger partial charge in [0.1, 0.15) is 11.6 Å². The molecule has 0 amide bonds. The molecule has 1 unspecified atom stereocenters. The maximum Gasteiger partial charge on any atom is 0.146 e. The number of carbonyl (C=O) groups excluding carboxylic acids is 1. The SMILES string of the molecule is CCC(=O)C(Br)Cc1cccc(F)c1. The molecule has 14 heavy (non-hydrogen) atoms. The van der Waals surface area contributed by atoms with Gasteiger partial charge in [-0.05, 0) is 24.1 Å². The first-order valence-corrected chi connectivity index (χ1v) is 5.46. The Balaban J connectivity index is 2.64. The largest absolute Gasteiger partial charge is 0.298 e. The molecule has 0 heterocycles. The van der Waals surface area contributed by atoms with E-state index in [0.29, 0.717) is 12.8 Å². The van der Waals surface area contributed by atoms with Crippen molar-refractivity contribution in [3.05, 3.63) is 35.6 Å². The average Bonchev–Trinajstić information content (AvgIpc) is 2.16. The van der Waals surface area contributed by atoms with E-state index in [1.807, 2.05) is 13.0 Å². The van der Waals surface area contributed by atoms with E-state index in [1.54, 1.807) is 6.07 Å². The van der Waals surface area contributed by atoms with Crippen molar-refractivity contribution in [2.24, 2.45) is 0 Å². The molecular formula is C11H12BrFO. The molecule has 0 aliphatic rings. The van der Waals surface area contributed by atoms with Crippen molar-refractivity contribution in [1.82, 2.24) is 0 Å². The summed E-state index contributed by atoms with van der Waals surface area (Å²) in [6.07, 6.45) is 1.05. The third kappa shape index (κ3) is 3.22. The second kappa shape index (κ2) is 5.25. The molecule has 0 aliphatic carbocycles. The van der Waals surface area contributed by atoms with E-state index in [2.05, 4.69) is 15.9 Å². The number of halogens is 2. The van der Waals surface area contributed by atoms with E-state index < -0.39 is 0 Å². The van der Waals surface area contributed by atoms with Gasteiger partial charge in [-0.15, -0.1) is 0 Å². The molecule has 0 saturated carbocycles. The molecule has 0 radical (unpaired) electrons. The number of alkyl halides is 1. The third-order valence-electron chi connectivity index (χ3n) is 2.00. The van der Waals surface area contributed by atoms with Gasteiger partial charge in [-0.3, -0.25) is 4.79 Å². The Morgan fingerprint density at radius 1 is 1.57 bits per heavy atom. The van der Waals surface area contributed by atoms with E-state index in [-0.39, 0.29) is 16.4 Å². The minimum absolute atomic E-state index is 0.147. The Morgan fingerprint density at radius 2 is 2.29 bits per heavy atom. The Morgan fingerprint density at radius 3 is 2.86 bits per heavy atom. The highest BCUT2D eigenvalue weighted by atomic mass is 79.9. The van der Waals surface area contributed by atoms with Crippen LogP contribution in [0.25, 0.3) is 0 Å². The summed E-state index contributed by atoms with van der Waals surface area (Å²) in [4.78, 5) is 11.1. The first-order chi connectivity index (χ1) is 6.63. The first kappa shape index (κ1) is 11.4. The Labute approximate surface area is 91.5 Å². The Kier molecular flexibility index (Phi) is 4.26. The second-order valence-corrected chi connectivity index (χ2v) is 4.23. The van der Waals surface area contributed by atoms with Crippen molar-refractivity contribution in [1.29, 1.82) is 0 Å². The van der Waals surface area contributed by atoms with Gasteiger partial charge in [0.25, 0.3) is 0 Å². The topological polar surface area (TPSA) is 17.1 Å². The van der Waals surface area contributed by atoms with Gasteiger partial charge in [0, 0.05) is 6.42 Å². The molecular weight excluding hydrogens is 247 g/mol.